The third kappa shape index (κ3) is 4.08. The normalized spacial score (nSPS) is 11.9. The first-order valence-corrected chi connectivity index (χ1v) is 8.38. The Kier molecular flexibility index (Phi) is 5.31. The predicted octanol–water partition coefficient (Wildman–Crippen LogP) is 2.67. The Bertz CT molecular complexity index is 935. The van der Waals surface area contributed by atoms with Gasteiger partial charge in [-0.05, 0) is 17.7 Å². The quantitative estimate of drug-likeness (QED) is 0.637. The van der Waals surface area contributed by atoms with Gasteiger partial charge in [0.25, 0.3) is 0 Å². The van der Waals surface area contributed by atoms with E-state index in [9.17, 15) is 14.0 Å². The number of amides is 2. The number of aromatic nitrogens is 1. The van der Waals surface area contributed by atoms with Gasteiger partial charge in [-0.2, -0.15) is 0 Å². The molecular weight excluding hydrogens is 333 g/mol. The number of fused-ring (bicyclic) bond motifs is 1. The Labute approximate surface area is 150 Å². The Balaban J connectivity index is 1.74. The summed E-state index contributed by atoms with van der Waals surface area (Å²) in [6.45, 7) is 1.43. The molecule has 2 amide bonds. The molecule has 0 bridgehead atoms. The highest BCUT2D eigenvalue weighted by molar-refractivity contribution is 5.89. The van der Waals surface area contributed by atoms with Crippen LogP contribution in [0.25, 0.3) is 10.9 Å². The van der Waals surface area contributed by atoms with E-state index in [4.69, 9.17) is 0 Å². The molecule has 1 heterocycles. The van der Waals surface area contributed by atoms with E-state index in [1.54, 1.807) is 18.2 Å². The monoisotopic (exact) mass is 353 g/mol. The predicted molar refractivity (Wildman–Crippen MR) is 97.9 cm³/mol. The van der Waals surface area contributed by atoms with Crippen molar-refractivity contribution in [3.05, 3.63) is 71.7 Å². The lowest BCUT2D eigenvalue weighted by atomic mass is 10.0. The van der Waals surface area contributed by atoms with Crippen LogP contribution in [0.2, 0.25) is 0 Å². The van der Waals surface area contributed by atoms with Crippen LogP contribution >= 0.6 is 0 Å². The molecule has 2 aromatic carbocycles. The summed E-state index contributed by atoms with van der Waals surface area (Å²) in [7, 11) is 0. The molecule has 0 aliphatic heterocycles. The van der Waals surface area contributed by atoms with Crippen LogP contribution in [-0.4, -0.2) is 22.8 Å². The first-order chi connectivity index (χ1) is 12.5. The number of carbonyl (C=O) groups is 2. The molecule has 3 aromatic rings. The Morgan fingerprint density at radius 3 is 2.58 bits per heavy atom. The van der Waals surface area contributed by atoms with Gasteiger partial charge in [0.15, 0.2) is 0 Å². The van der Waals surface area contributed by atoms with Crippen molar-refractivity contribution in [3.8, 4) is 0 Å². The molecule has 6 heteroatoms. The number of para-hydroxylation sites is 1. The van der Waals surface area contributed by atoms with Crippen molar-refractivity contribution in [2.24, 2.45) is 0 Å². The molecule has 0 unspecified atom stereocenters. The SMILES string of the molecule is CC(=O)N[C@@H](Cc1c[nH]c2ccccc12)C(=O)NCc1ccccc1F. The molecule has 5 nitrogen and oxygen atoms in total. The zero-order valence-electron chi connectivity index (χ0n) is 14.4. The van der Waals surface area contributed by atoms with Crippen molar-refractivity contribution in [2.75, 3.05) is 0 Å². The zero-order chi connectivity index (χ0) is 18.5. The van der Waals surface area contributed by atoms with Crippen LogP contribution in [-0.2, 0) is 22.6 Å². The summed E-state index contributed by atoms with van der Waals surface area (Å²) < 4.78 is 13.7. The minimum atomic E-state index is -0.738. The Hall–Kier alpha value is -3.15. The third-order valence-electron chi connectivity index (χ3n) is 4.20. The van der Waals surface area contributed by atoms with Crippen molar-refractivity contribution in [3.63, 3.8) is 0 Å². The molecule has 3 rings (SSSR count). The van der Waals surface area contributed by atoms with E-state index in [0.29, 0.717) is 12.0 Å². The number of carbonyl (C=O) groups excluding carboxylic acids is 2. The molecule has 0 aliphatic rings. The maximum Gasteiger partial charge on any atom is 0.243 e. The van der Waals surface area contributed by atoms with E-state index >= 15 is 0 Å². The molecule has 3 N–H and O–H groups in total. The maximum atomic E-state index is 13.7. The standard InChI is InChI=1S/C20H20FN3O2/c1-13(25)24-19(10-15-12-22-18-9-5-3-7-16(15)18)20(26)23-11-14-6-2-4-8-17(14)21/h2-9,12,19,22H,10-11H2,1H3,(H,23,26)(H,24,25)/t19-/m0/s1. The van der Waals surface area contributed by atoms with Crippen molar-refractivity contribution in [1.82, 2.24) is 15.6 Å². The second kappa shape index (κ2) is 7.82. The molecule has 0 radical (unpaired) electrons. The molecule has 26 heavy (non-hydrogen) atoms. The van der Waals surface area contributed by atoms with Gasteiger partial charge < -0.3 is 15.6 Å². The van der Waals surface area contributed by atoms with E-state index in [1.165, 1.54) is 13.0 Å². The summed E-state index contributed by atoms with van der Waals surface area (Å²) >= 11 is 0. The molecular formula is C20H20FN3O2. The van der Waals surface area contributed by atoms with Gasteiger partial charge in [-0.15, -0.1) is 0 Å². The fourth-order valence-electron chi connectivity index (χ4n) is 2.92. The topological polar surface area (TPSA) is 74.0 Å². The summed E-state index contributed by atoms with van der Waals surface area (Å²) in [5.74, 6) is -1.02. The van der Waals surface area contributed by atoms with Crippen LogP contribution in [0.3, 0.4) is 0 Å². The van der Waals surface area contributed by atoms with Crippen molar-refractivity contribution >= 4 is 22.7 Å². The van der Waals surface area contributed by atoms with E-state index < -0.39 is 6.04 Å². The van der Waals surface area contributed by atoms with Gasteiger partial charge in [0, 0.05) is 42.6 Å². The number of hydrogen-bond acceptors (Lipinski definition) is 2. The van der Waals surface area contributed by atoms with Crippen LogP contribution in [0, 0.1) is 5.82 Å². The first-order valence-electron chi connectivity index (χ1n) is 8.38. The van der Waals surface area contributed by atoms with E-state index in [1.807, 2.05) is 30.5 Å². The zero-order valence-corrected chi connectivity index (χ0v) is 14.4. The molecule has 134 valence electrons. The maximum absolute atomic E-state index is 13.7. The number of halogens is 1. The highest BCUT2D eigenvalue weighted by atomic mass is 19.1. The number of H-pyrrole nitrogens is 1. The summed E-state index contributed by atoms with van der Waals surface area (Å²) in [4.78, 5) is 27.2. The largest absolute Gasteiger partial charge is 0.361 e. The van der Waals surface area contributed by atoms with Crippen molar-refractivity contribution in [2.45, 2.75) is 25.9 Å². The van der Waals surface area contributed by atoms with Crippen LogP contribution in [0.15, 0.2) is 54.7 Å². The number of hydrogen-bond donors (Lipinski definition) is 3. The second-order valence-electron chi connectivity index (χ2n) is 6.13. The second-order valence-corrected chi connectivity index (χ2v) is 6.13. The highest BCUT2D eigenvalue weighted by Gasteiger charge is 2.21. The van der Waals surface area contributed by atoms with E-state index in [2.05, 4.69) is 15.6 Å². The lowest BCUT2D eigenvalue weighted by molar-refractivity contribution is -0.128. The van der Waals surface area contributed by atoms with Crippen molar-refractivity contribution < 1.29 is 14.0 Å². The summed E-state index contributed by atoms with van der Waals surface area (Å²) in [5, 5.41) is 6.38. The smallest absolute Gasteiger partial charge is 0.243 e. The highest BCUT2D eigenvalue weighted by Crippen LogP contribution is 2.19. The fourth-order valence-corrected chi connectivity index (χ4v) is 2.92. The number of aromatic amines is 1. The van der Waals surface area contributed by atoms with Gasteiger partial charge in [-0.3, -0.25) is 9.59 Å². The van der Waals surface area contributed by atoms with E-state index in [0.717, 1.165) is 16.5 Å². The number of benzene rings is 2. The summed E-state index contributed by atoms with van der Waals surface area (Å²) in [5.41, 5.74) is 2.30. The Morgan fingerprint density at radius 1 is 1.08 bits per heavy atom. The van der Waals surface area contributed by atoms with Gasteiger partial charge in [0.2, 0.25) is 11.8 Å². The summed E-state index contributed by atoms with van der Waals surface area (Å²) in [6.07, 6.45) is 2.18. The first kappa shape index (κ1) is 17.7. The van der Waals surface area contributed by atoms with Crippen LogP contribution in [0.1, 0.15) is 18.1 Å². The Morgan fingerprint density at radius 2 is 1.81 bits per heavy atom. The van der Waals surface area contributed by atoms with Gasteiger partial charge >= 0.3 is 0 Å². The average molecular weight is 353 g/mol. The molecule has 0 spiro atoms. The molecule has 0 fully saturated rings. The van der Waals surface area contributed by atoms with Crippen LogP contribution in [0.5, 0.6) is 0 Å². The lowest BCUT2D eigenvalue weighted by Crippen LogP contribution is -2.47. The van der Waals surface area contributed by atoms with Gasteiger partial charge in [-0.1, -0.05) is 36.4 Å². The fraction of sp³-hybridized carbons (Fsp3) is 0.200. The molecule has 1 aromatic heterocycles. The van der Waals surface area contributed by atoms with Crippen molar-refractivity contribution in [1.29, 1.82) is 0 Å². The molecule has 0 aliphatic carbocycles. The van der Waals surface area contributed by atoms with Gasteiger partial charge in [0.05, 0.1) is 0 Å². The molecule has 0 saturated heterocycles. The minimum Gasteiger partial charge on any atom is -0.361 e. The summed E-state index contributed by atoms with van der Waals surface area (Å²) in [6, 6.07) is 13.3. The average Bonchev–Trinajstić information content (AvgIpc) is 3.03. The number of nitrogens with one attached hydrogen (secondary N) is 3. The van der Waals surface area contributed by atoms with Crippen LogP contribution in [0.4, 0.5) is 4.39 Å². The minimum absolute atomic E-state index is 0.0650. The molecule has 1 atom stereocenters. The lowest BCUT2D eigenvalue weighted by Gasteiger charge is -2.17. The third-order valence-corrected chi connectivity index (χ3v) is 4.20. The van der Waals surface area contributed by atoms with Gasteiger partial charge in [-0.25, -0.2) is 4.39 Å². The number of rotatable bonds is 6. The van der Waals surface area contributed by atoms with Gasteiger partial charge in [0.1, 0.15) is 11.9 Å². The molecule has 0 saturated carbocycles. The van der Waals surface area contributed by atoms with Crippen LogP contribution < -0.4 is 10.6 Å². The van der Waals surface area contributed by atoms with E-state index in [-0.39, 0.29) is 24.2 Å².